The molecule has 0 spiro atoms. The van der Waals surface area contributed by atoms with Crippen LogP contribution in [0.15, 0.2) is 0 Å². The summed E-state index contributed by atoms with van der Waals surface area (Å²) < 4.78 is 0. The highest BCUT2D eigenvalue weighted by Gasteiger charge is 2.36. The van der Waals surface area contributed by atoms with E-state index < -0.39 is 0 Å². The highest BCUT2D eigenvalue weighted by molar-refractivity contribution is 5.77. The first-order valence-corrected chi connectivity index (χ1v) is 7.37. The van der Waals surface area contributed by atoms with Crippen molar-refractivity contribution < 1.29 is 9.90 Å². The molecule has 1 aliphatic heterocycles. The number of amides is 1. The van der Waals surface area contributed by atoms with E-state index in [4.69, 9.17) is 0 Å². The van der Waals surface area contributed by atoms with Gasteiger partial charge in [-0.25, -0.2) is 0 Å². The van der Waals surface area contributed by atoms with Gasteiger partial charge in [0.15, 0.2) is 0 Å². The summed E-state index contributed by atoms with van der Waals surface area (Å²) in [5, 5.41) is 9.98. The molecule has 1 saturated carbocycles. The molecule has 1 unspecified atom stereocenters. The van der Waals surface area contributed by atoms with Crippen LogP contribution in [0.25, 0.3) is 0 Å². The van der Waals surface area contributed by atoms with E-state index in [9.17, 15) is 9.90 Å². The number of aliphatic hydroxyl groups excluding tert-OH is 1. The zero-order chi connectivity index (χ0) is 13.3. The van der Waals surface area contributed by atoms with Gasteiger partial charge in [0, 0.05) is 13.0 Å². The van der Waals surface area contributed by atoms with Crippen molar-refractivity contribution in [2.45, 2.75) is 71.4 Å². The molecule has 0 aromatic rings. The summed E-state index contributed by atoms with van der Waals surface area (Å²) in [4.78, 5) is 14.2. The average Bonchev–Trinajstić information content (AvgIpc) is 2.57. The van der Waals surface area contributed by atoms with E-state index >= 15 is 0 Å². The molecular formula is C15H27NO2. The van der Waals surface area contributed by atoms with Gasteiger partial charge >= 0.3 is 0 Å². The molecule has 3 heteroatoms. The Morgan fingerprint density at radius 3 is 2.44 bits per heavy atom. The van der Waals surface area contributed by atoms with Crippen molar-refractivity contribution in [2.75, 3.05) is 6.54 Å². The van der Waals surface area contributed by atoms with Crippen molar-refractivity contribution in [1.82, 2.24) is 4.90 Å². The lowest BCUT2D eigenvalue weighted by Gasteiger charge is -2.32. The minimum Gasteiger partial charge on any atom is -0.391 e. The summed E-state index contributed by atoms with van der Waals surface area (Å²) in [6, 6.07) is 0.0937. The molecule has 2 fully saturated rings. The minimum absolute atomic E-state index is 0.0937. The molecule has 18 heavy (non-hydrogen) atoms. The van der Waals surface area contributed by atoms with Crippen molar-refractivity contribution in [3.63, 3.8) is 0 Å². The molecule has 3 nitrogen and oxygen atoms in total. The molecule has 1 aliphatic carbocycles. The minimum atomic E-state index is -0.292. The SMILES string of the molecule is CC(C)(C)C1CCC(=O)N([C@H]2CCC[C@@H]2O)CC1. The fourth-order valence-electron chi connectivity index (χ4n) is 3.51. The van der Waals surface area contributed by atoms with E-state index in [1.54, 1.807) is 0 Å². The van der Waals surface area contributed by atoms with Crippen LogP contribution in [0.2, 0.25) is 0 Å². The molecule has 104 valence electrons. The van der Waals surface area contributed by atoms with Crippen LogP contribution in [0.1, 0.15) is 59.3 Å². The zero-order valence-electron chi connectivity index (χ0n) is 12.0. The Labute approximate surface area is 111 Å². The first-order chi connectivity index (χ1) is 8.39. The van der Waals surface area contributed by atoms with Gasteiger partial charge < -0.3 is 10.0 Å². The number of nitrogens with zero attached hydrogens (tertiary/aromatic N) is 1. The number of rotatable bonds is 1. The third kappa shape index (κ3) is 2.87. The average molecular weight is 253 g/mol. The predicted molar refractivity (Wildman–Crippen MR) is 72.2 cm³/mol. The maximum Gasteiger partial charge on any atom is 0.222 e. The topological polar surface area (TPSA) is 40.5 Å². The largest absolute Gasteiger partial charge is 0.391 e. The fraction of sp³-hybridized carbons (Fsp3) is 0.933. The van der Waals surface area contributed by atoms with Crippen LogP contribution >= 0.6 is 0 Å². The standard InChI is InChI=1S/C15H27NO2/c1-15(2,3)11-7-8-14(18)16(10-9-11)12-5-4-6-13(12)17/h11-13,17H,4-10H2,1-3H3/t11?,12-,13-/m0/s1. The lowest BCUT2D eigenvalue weighted by atomic mass is 9.77. The second-order valence-corrected chi connectivity index (χ2v) is 7.04. The summed E-state index contributed by atoms with van der Waals surface area (Å²) in [5.74, 6) is 0.873. The van der Waals surface area contributed by atoms with E-state index in [-0.39, 0.29) is 23.5 Å². The summed E-state index contributed by atoms with van der Waals surface area (Å²) in [7, 11) is 0. The fourth-order valence-corrected chi connectivity index (χ4v) is 3.51. The van der Waals surface area contributed by atoms with Crippen molar-refractivity contribution in [2.24, 2.45) is 11.3 Å². The summed E-state index contributed by atoms with van der Waals surface area (Å²) in [6.07, 6.45) is 5.34. The highest BCUT2D eigenvalue weighted by atomic mass is 16.3. The van der Waals surface area contributed by atoms with Crippen LogP contribution in [0.5, 0.6) is 0 Å². The zero-order valence-corrected chi connectivity index (χ0v) is 12.0. The second-order valence-electron chi connectivity index (χ2n) is 7.04. The maximum atomic E-state index is 12.2. The second kappa shape index (κ2) is 5.20. The van der Waals surface area contributed by atoms with Crippen LogP contribution in [0, 0.1) is 11.3 Å². The van der Waals surface area contributed by atoms with Crippen molar-refractivity contribution in [1.29, 1.82) is 0 Å². The smallest absolute Gasteiger partial charge is 0.222 e. The third-order valence-corrected chi connectivity index (χ3v) is 4.81. The van der Waals surface area contributed by atoms with Crippen LogP contribution in [0.4, 0.5) is 0 Å². The molecule has 1 amide bonds. The molecule has 2 aliphatic rings. The van der Waals surface area contributed by atoms with Gasteiger partial charge in [-0.3, -0.25) is 4.79 Å². The Morgan fingerprint density at radius 1 is 1.17 bits per heavy atom. The molecule has 0 aromatic carbocycles. The van der Waals surface area contributed by atoms with Crippen LogP contribution in [-0.2, 0) is 4.79 Å². The Kier molecular flexibility index (Phi) is 4.00. The van der Waals surface area contributed by atoms with Crippen molar-refractivity contribution in [3.8, 4) is 0 Å². The summed E-state index contributed by atoms with van der Waals surface area (Å²) in [5.41, 5.74) is 0.282. The maximum absolute atomic E-state index is 12.2. The number of carbonyl (C=O) groups is 1. The third-order valence-electron chi connectivity index (χ3n) is 4.81. The van der Waals surface area contributed by atoms with Gasteiger partial charge in [0.25, 0.3) is 0 Å². The van der Waals surface area contributed by atoms with Gasteiger partial charge in [-0.2, -0.15) is 0 Å². The molecule has 0 bridgehead atoms. The van der Waals surface area contributed by atoms with Gasteiger partial charge in [0.05, 0.1) is 12.1 Å². The van der Waals surface area contributed by atoms with Crippen LogP contribution in [-0.4, -0.2) is 34.6 Å². The van der Waals surface area contributed by atoms with Gasteiger partial charge in [-0.1, -0.05) is 20.8 Å². The molecule has 0 radical (unpaired) electrons. The number of aliphatic hydroxyl groups is 1. The Morgan fingerprint density at radius 2 is 1.89 bits per heavy atom. The van der Waals surface area contributed by atoms with E-state index in [1.165, 1.54) is 0 Å². The lowest BCUT2D eigenvalue weighted by Crippen LogP contribution is -2.44. The van der Waals surface area contributed by atoms with Crippen molar-refractivity contribution >= 4 is 5.91 Å². The molecule has 1 N–H and O–H groups in total. The molecule has 1 heterocycles. The van der Waals surface area contributed by atoms with E-state index in [2.05, 4.69) is 20.8 Å². The Bertz CT molecular complexity index is 308. The van der Waals surface area contributed by atoms with Crippen LogP contribution in [0.3, 0.4) is 0 Å². The molecule has 1 saturated heterocycles. The van der Waals surface area contributed by atoms with Gasteiger partial charge in [-0.15, -0.1) is 0 Å². The Hall–Kier alpha value is -0.570. The first kappa shape index (κ1) is 13.9. The Balaban J connectivity index is 2.03. The number of carbonyl (C=O) groups excluding carboxylic acids is 1. The van der Waals surface area contributed by atoms with E-state index in [1.807, 2.05) is 4.90 Å². The van der Waals surface area contributed by atoms with Gasteiger partial charge in [0.2, 0.25) is 5.91 Å². The van der Waals surface area contributed by atoms with Gasteiger partial charge in [0.1, 0.15) is 0 Å². The van der Waals surface area contributed by atoms with Gasteiger partial charge in [-0.05, 0) is 43.4 Å². The summed E-state index contributed by atoms with van der Waals surface area (Å²) in [6.45, 7) is 7.63. The molecule has 0 aromatic heterocycles. The lowest BCUT2D eigenvalue weighted by molar-refractivity contribution is -0.134. The van der Waals surface area contributed by atoms with Crippen molar-refractivity contribution in [3.05, 3.63) is 0 Å². The molecular weight excluding hydrogens is 226 g/mol. The first-order valence-electron chi connectivity index (χ1n) is 7.37. The predicted octanol–water partition coefficient (Wildman–Crippen LogP) is 2.57. The molecule has 2 rings (SSSR count). The number of likely N-dealkylation sites (tertiary alicyclic amines) is 1. The normalized spacial score (nSPS) is 34.8. The number of hydrogen-bond donors (Lipinski definition) is 1. The quantitative estimate of drug-likeness (QED) is 0.780. The van der Waals surface area contributed by atoms with E-state index in [0.29, 0.717) is 12.3 Å². The number of hydrogen-bond acceptors (Lipinski definition) is 2. The summed E-state index contributed by atoms with van der Waals surface area (Å²) >= 11 is 0. The monoisotopic (exact) mass is 253 g/mol. The highest BCUT2D eigenvalue weighted by Crippen LogP contribution is 2.36. The molecule has 3 atom stereocenters. The van der Waals surface area contributed by atoms with Crippen LogP contribution < -0.4 is 0 Å². The van der Waals surface area contributed by atoms with E-state index in [0.717, 1.165) is 38.6 Å².